The number of methoxy groups -OCH3 is 1. The average Bonchev–Trinajstić information content (AvgIpc) is 2.93. The predicted molar refractivity (Wildman–Crippen MR) is 98.9 cm³/mol. The number of thioether (sulfide) groups is 1. The fourth-order valence-corrected chi connectivity index (χ4v) is 4.06. The van der Waals surface area contributed by atoms with Crippen LogP contribution in [-0.2, 0) is 20.7 Å². The number of carbonyl (C=O) groups is 3. The van der Waals surface area contributed by atoms with Crippen molar-refractivity contribution in [3.05, 3.63) is 65.7 Å². The summed E-state index contributed by atoms with van der Waals surface area (Å²) >= 11 is 1.25. The van der Waals surface area contributed by atoms with E-state index in [1.54, 1.807) is 24.3 Å². The van der Waals surface area contributed by atoms with Crippen molar-refractivity contribution in [3.8, 4) is 0 Å². The van der Waals surface area contributed by atoms with Gasteiger partial charge in [0, 0.05) is 17.9 Å². The summed E-state index contributed by atoms with van der Waals surface area (Å²) in [5, 5.41) is -0.510. The molecule has 6 heteroatoms. The quantitative estimate of drug-likeness (QED) is 0.579. The maximum Gasteiger partial charge on any atom is 0.338 e. The van der Waals surface area contributed by atoms with Gasteiger partial charge < -0.3 is 4.74 Å². The highest BCUT2D eigenvalue weighted by Crippen LogP contribution is 2.33. The third-order valence-corrected chi connectivity index (χ3v) is 5.49. The third-order valence-electron chi connectivity index (χ3n) is 4.23. The molecule has 0 spiro atoms. The number of likely N-dealkylation sites (tertiary alicyclic amines) is 1. The Morgan fingerprint density at radius 3 is 2.54 bits per heavy atom. The molecule has 0 aromatic heterocycles. The van der Waals surface area contributed by atoms with E-state index in [4.69, 9.17) is 4.74 Å². The molecule has 0 saturated carbocycles. The number of imide groups is 1. The molecule has 1 heterocycles. The van der Waals surface area contributed by atoms with Crippen LogP contribution in [0.5, 0.6) is 0 Å². The number of benzene rings is 2. The number of rotatable bonds is 6. The van der Waals surface area contributed by atoms with Gasteiger partial charge in [0.15, 0.2) is 0 Å². The second-order valence-electron chi connectivity index (χ2n) is 5.92. The summed E-state index contributed by atoms with van der Waals surface area (Å²) in [7, 11) is 1.32. The Hall–Kier alpha value is -2.60. The van der Waals surface area contributed by atoms with Crippen LogP contribution in [0.25, 0.3) is 0 Å². The van der Waals surface area contributed by atoms with Crippen LogP contribution in [0.15, 0.2) is 59.5 Å². The van der Waals surface area contributed by atoms with E-state index < -0.39 is 11.2 Å². The molecule has 1 saturated heterocycles. The Morgan fingerprint density at radius 2 is 1.81 bits per heavy atom. The lowest BCUT2D eigenvalue weighted by Gasteiger charge is -2.15. The zero-order chi connectivity index (χ0) is 18.5. The molecule has 0 radical (unpaired) electrons. The van der Waals surface area contributed by atoms with Crippen LogP contribution in [0.1, 0.15) is 22.3 Å². The summed E-state index contributed by atoms with van der Waals surface area (Å²) in [4.78, 5) is 38.8. The lowest BCUT2D eigenvalue weighted by Crippen LogP contribution is -2.33. The van der Waals surface area contributed by atoms with Crippen molar-refractivity contribution in [2.45, 2.75) is 23.0 Å². The monoisotopic (exact) mass is 369 g/mol. The Kier molecular flexibility index (Phi) is 5.73. The van der Waals surface area contributed by atoms with Gasteiger partial charge in [0.1, 0.15) is 0 Å². The molecule has 5 nitrogen and oxygen atoms in total. The summed E-state index contributed by atoms with van der Waals surface area (Å²) in [6.45, 7) is 0.372. The summed E-state index contributed by atoms with van der Waals surface area (Å²) < 4.78 is 4.78. The minimum absolute atomic E-state index is 0.147. The maximum atomic E-state index is 12.7. The number of hydrogen-bond donors (Lipinski definition) is 0. The number of hydrogen-bond acceptors (Lipinski definition) is 5. The van der Waals surface area contributed by atoms with Crippen LogP contribution >= 0.6 is 11.8 Å². The van der Waals surface area contributed by atoms with Crippen molar-refractivity contribution in [2.75, 3.05) is 13.7 Å². The van der Waals surface area contributed by atoms with E-state index in [-0.39, 0.29) is 18.2 Å². The molecule has 0 N–H and O–H groups in total. The van der Waals surface area contributed by atoms with E-state index in [1.807, 2.05) is 30.3 Å². The molecule has 1 aliphatic heterocycles. The van der Waals surface area contributed by atoms with Gasteiger partial charge in [-0.15, -0.1) is 11.8 Å². The number of ether oxygens (including phenoxy) is 1. The minimum atomic E-state index is -0.510. The first-order chi connectivity index (χ1) is 12.6. The zero-order valence-corrected chi connectivity index (χ0v) is 15.2. The van der Waals surface area contributed by atoms with Crippen LogP contribution in [0.3, 0.4) is 0 Å². The minimum Gasteiger partial charge on any atom is -0.465 e. The predicted octanol–water partition coefficient (Wildman–Crippen LogP) is 2.94. The van der Waals surface area contributed by atoms with Gasteiger partial charge in [0.2, 0.25) is 11.8 Å². The zero-order valence-electron chi connectivity index (χ0n) is 14.4. The second-order valence-corrected chi connectivity index (χ2v) is 7.16. The highest BCUT2D eigenvalue weighted by molar-refractivity contribution is 8.00. The fraction of sp³-hybridized carbons (Fsp3) is 0.250. The lowest BCUT2D eigenvalue weighted by atomic mass is 10.1. The van der Waals surface area contributed by atoms with E-state index in [2.05, 4.69) is 0 Å². The van der Waals surface area contributed by atoms with Crippen molar-refractivity contribution in [2.24, 2.45) is 0 Å². The Labute approximate surface area is 156 Å². The van der Waals surface area contributed by atoms with Crippen molar-refractivity contribution >= 4 is 29.5 Å². The van der Waals surface area contributed by atoms with Crippen LogP contribution in [0.4, 0.5) is 0 Å². The number of amides is 2. The first-order valence-electron chi connectivity index (χ1n) is 8.32. The van der Waals surface area contributed by atoms with Gasteiger partial charge in [0.05, 0.1) is 17.9 Å². The number of esters is 1. The fourth-order valence-electron chi connectivity index (χ4n) is 2.87. The van der Waals surface area contributed by atoms with Gasteiger partial charge in [-0.2, -0.15) is 0 Å². The standard InChI is InChI=1S/C20H19NO4S/c1-25-20(24)15-9-5-6-10-16(15)26-17-13-18(22)21(19(17)23)12-11-14-7-3-2-4-8-14/h2-10,17H,11-13H2,1H3/t17-/m0/s1. The van der Waals surface area contributed by atoms with Crippen molar-refractivity contribution in [1.82, 2.24) is 4.90 Å². The number of carbonyl (C=O) groups excluding carboxylic acids is 3. The van der Waals surface area contributed by atoms with Crippen LogP contribution in [0.2, 0.25) is 0 Å². The molecular formula is C20H19NO4S. The Morgan fingerprint density at radius 1 is 1.12 bits per heavy atom. The summed E-state index contributed by atoms with van der Waals surface area (Å²) in [5.41, 5.74) is 1.49. The van der Waals surface area contributed by atoms with Gasteiger partial charge in [-0.25, -0.2) is 4.79 Å². The topological polar surface area (TPSA) is 63.7 Å². The van der Waals surface area contributed by atoms with Gasteiger partial charge >= 0.3 is 5.97 Å². The lowest BCUT2D eigenvalue weighted by molar-refractivity contribution is -0.138. The molecule has 2 amide bonds. The normalized spacial score (nSPS) is 16.8. The SMILES string of the molecule is COC(=O)c1ccccc1S[C@H]1CC(=O)N(CCc2ccccc2)C1=O. The van der Waals surface area contributed by atoms with Crippen LogP contribution in [-0.4, -0.2) is 41.6 Å². The van der Waals surface area contributed by atoms with E-state index >= 15 is 0 Å². The average molecular weight is 369 g/mol. The molecule has 3 rings (SSSR count). The molecule has 2 aromatic carbocycles. The van der Waals surface area contributed by atoms with Crippen LogP contribution < -0.4 is 0 Å². The molecule has 1 aliphatic rings. The van der Waals surface area contributed by atoms with E-state index in [1.165, 1.54) is 23.8 Å². The largest absolute Gasteiger partial charge is 0.465 e. The van der Waals surface area contributed by atoms with Crippen molar-refractivity contribution in [3.63, 3.8) is 0 Å². The maximum absolute atomic E-state index is 12.7. The molecule has 0 aliphatic carbocycles. The molecule has 0 bridgehead atoms. The van der Waals surface area contributed by atoms with E-state index in [0.717, 1.165) is 5.56 Å². The summed E-state index contributed by atoms with van der Waals surface area (Å²) in [5.74, 6) is -0.819. The summed E-state index contributed by atoms with van der Waals surface area (Å²) in [6.07, 6.45) is 0.780. The molecule has 2 aromatic rings. The molecule has 26 heavy (non-hydrogen) atoms. The molecule has 1 atom stereocenters. The summed E-state index contributed by atoms with van der Waals surface area (Å²) in [6, 6.07) is 16.7. The highest BCUT2D eigenvalue weighted by atomic mass is 32.2. The van der Waals surface area contributed by atoms with Gasteiger partial charge in [-0.3, -0.25) is 14.5 Å². The highest BCUT2D eigenvalue weighted by Gasteiger charge is 2.39. The molecule has 134 valence electrons. The molecule has 0 unspecified atom stereocenters. The number of nitrogens with zero attached hydrogens (tertiary/aromatic N) is 1. The van der Waals surface area contributed by atoms with E-state index in [9.17, 15) is 14.4 Å². The molecular weight excluding hydrogens is 350 g/mol. The third kappa shape index (κ3) is 3.96. The Bertz CT molecular complexity index is 822. The van der Waals surface area contributed by atoms with Gasteiger partial charge in [-0.1, -0.05) is 42.5 Å². The Balaban J connectivity index is 1.69. The van der Waals surface area contributed by atoms with Crippen molar-refractivity contribution < 1.29 is 19.1 Å². The first-order valence-corrected chi connectivity index (χ1v) is 9.20. The second kappa shape index (κ2) is 8.19. The smallest absolute Gasteiger partial charge is 0.338 e. The van der Waals surface area contributed by atoms with Crippen LogP contribution in [0, 0.1) is 0 Å². The van der Waals surface area contributed by atoms with Crippen molar-refractivity contribution in [1.29, 1.82) is 0 Å². The van der Waals surface area contributed by atoms with E-state index in [0.29, 0.717) is 23.4 Å². The van der Waals surface area contributed by atoms with Gasteiger partial charge in [0.25, 0.3) is 0 Å². The van der Waals surface area contributed by atoms with Gasteiger partial charge in [-0.05, 0) is 24.1 Å². The first kappa shape index (κ1) is 18.2. The molecule has 1 fully saturated rings.